The quantitative estimate of drug-likeness (QED) is 0.820. The molecule has 0 aliphatic heterocycles. The lowest BCUT2D eigenvalue weighted by atomic mass is 10.1. The molecule has 0 aromatic heterocycles. The molecule has 2 aromatic carbocycles. The van der Waals surface area contributed by atoms with E-state index in [1.807, 2.05) is 36.4 Å². The molecule has 1 amide bonds. The third kappa shape index (κ3) is 3.95. The van der Waals surface area contributed by atoms with Crippen molar-refractivity contribution in [2.75, 3.05) is 17.2 Å². The molecule has 2 rings (SSSR count). The van der Waals surface area contributed by atoms with Gasteiger partial charge in [0.25, 0.3) is 0 Å². The van der Waals surface area contributed by atoms with Crippen molar-refractivity contribution >= 4 is 23.1 Å². The Morgan fingerprint density at radius 2 is 1.65 bits per heavy atom. The second kappa shape index (κ2) is 6.52. The monoisotopic (exact) mass is 268 g/mol. The first-order chi connectivity index (χ1) is 9.65. The zero-order chi connectivity index (χ0) is 14.4. The van der Waals surface area contributed by atoms with Crippen LogP contribution in [0.2, 0.25) is 0 Å². The average molecular weight is 268 g/mol. The second-order valence-corrected chi connectivity index (χ2v) is 4.40. The predicted molar refractivity (Wildman–Crippen MR) is 80.0 cm³/mol. The molecule has 4 heteroatoms. The molecule has 0 bridgehead atoms. The maximum absolute atomic E-state index is 11.8. The van der Waals surface area contributed by atoms with Gasteiger partial charge in [0.2, 0.25) is 5.91 Å². The van der Waals surface area contributed by atoms with E-state index in [9.17, 15) is 9.59 Å². The van der Waals surface area contributed by atoms with Gasteiger partial charge in [-0.25, -0.2) is 0 Å². The zero-order valence-corrected chi connectivity index (χ0v) is 11.2. The minimum absolute atomic E-state index is 0.00221. The first-order valence-corrected chi connectivity index (χ1v) is 6.35. The molecule has 0 fully saturated rings. The van der Waals surface area contributed by atoms with Crippen LogP contribution >= 0.6 is 0 Å². The van der Waals surface area contributed by atoms with Crippen molar-refractivity contribution < 1.29 is 9.59 Å². The van der Waals surface area contributed by atoms with Gasteiger partial charge in [0, 0.05) is 16.9 Å². The van der Waals surface area contributed by atoms with Gasteiger partial charge in [0.1, 0.15) is 0 Å². The molecule has 0 saturated heterocycles. The van der Waals surface area contributed by atoms with Gasteiger partial charge >= 0.3 is 0 Å². The number of carbonyl (C=O) groups is 2. The van der Waals surface area contributed by atoms with Crippen molar-refractivity contribution in [3.63, 3.8) is 0 Å². The van der Waals surface area contributed by atoms with Gasteiger partial charge in [-0.1, -0.05) is 30.3 Å². The minimum atomic E-state index is -0.135. The summed E-state index contributed by atoms with van der Waals surface area (Å²) < 4.78 is 0. The summed E-state index contributed by atoms with van der Waals surface area (Å²) in [4.78, 5) is 23.0. The van der Waals surface area contributed by atoms with E-state index in [0.717, 1.165) is 11.4 Å². The van der Waals surface area contributed by atoms with Crippen molar-refractivity contribution in [1.82, 2.24) is 0 Å². The van der Waals surface area contributed by atoms with Crippen molar-refractivity contribution in [1.29, 1.82) is 0 Å². The largest absolute Gasteiger partial charge is 0.376 e. The van der Waals surface area contributed by atoms with Crippen LogP contribution in [0.15, 0.2) is 54.6 Å². The molecule has 2 aromatic rings. The molecule has 0 aliphatic rings. The SMILES string of the molecule is CC(=O)c1cccc(NCC(=O)Nc2ccccc2)c1. The van der Waals surface area contributed by atoms with Gasteiger partial charge in [0.05, 0.1) is 6.54 Å². The number of ketones is 1. The fourth-order valence-corrected chi connectivity index (χ4v) is 1.76. The number of carbonyl (C=O) groups excluding carboxylic acids is 2. The fraction of sp³-hybridized carbons (Fsp3) is 0.125. The number of benzene rings is 2. The van der Waals surface area contributed by atoms with Crippen LogP contribution in [-0.4, -0.2) is 18.2 Å². The van der Waals surface area contributed by atoms with Crippen LogP contribution in [-0.2, 0) is 4.79 Å². The van der Waals surface area contributed by atoms with E-state index in [-0.39, 0.29) is 18.2 Å². The summed E-state index contributed by atoms with van der Waals surface area (Å²) in [5.74, 6) is -0.133. The van der Waals surface area contributed by atoms with Crippen LogP contribution in [0.25, 0.3) is 0 Å². The maximum atomic E-state index is 11.8. The van der Waals surface area contributed by atoms with Crippen molar-refractivity contribution in [2.24, 2.45) is 0 Å². The summed E-state index contributed by atoms with van der Waals surface area (Å²) >= 11 is 0. The van der Waals surface area contributed by atoms with Crippen molar-refractivity contribution in [2.45, 2.75) is 6.92 Å². The van der Waals surface area contributed by atoms with E-state index in [4.69, 9.17) is 0 Å². The fourth-order valence-electron chi connectivity index (χ4n) is 1.76. The Morgan fingerprint density at radius 3 is 2.35 bits per heavy atom. The van der Waals surface area contributed by atoms with Crippen LogP contribution < -0.4 is 10.6 Å². The number of nitrogens with one attached hydrogen (secondary N) is 2. The summed E-state index contributed by atoms with van der Waals surface area (Å²) in [6.07, 6.45) is 0. The Labute approximate surface area is 117 Å². The lowest BCUT2D eigenvalue weighted by Crippen LogP contribution is -2.21. The summed E-state index contributed by atoms with van der Waals surface area (Å²) in [6, 6.07) is 16.4. The van der Waals surface area contributed by atoms with Crippen molar-refractivity contribution in [3.05, 3.63) is 60.2 Å². The van der Waals surface area contributed by atoms with Crippen LogP contribution in [0.5, 0.6) is 0 Å². The topological polar surface area (TPSA) is 58.2 Å². The molecule has 0 unspecified atom stereocenters. The molecule has 2 N–H and O–H groups in total. The molecule has 20 heavy (non-hydrogen) atoms. The smallest absolute Gasteiger partial charge is 0.243 e. The van der Waals surface area contributed by atoms with Gasteiger partial charge in [-0.2, -0.15) is 0 Å². The first-order valence-electron chi connectivity index (χ1n) is 6.35. The molecule has 102 valence electrons. The molecule has 0 atom stereocenters. The Balaban J connectivity index is 1.90. The molecule has 0 heterocycles. The Bertz CT molecular complexity index is 609. The Kier molecular flexibility index (Phi) is 4.50. The van der Waals surface area contributed by atoms with Gasteiger partial charge in [-0.05, 0) is 31.2 Å². The molecule has 0 spiro atoms. The van der Waals surface area contributed by atoms with Gasteiger partial charge in [-0.3, -0.25) is 9.59 Å². The van der Waals surface area contributed by atoms with Gasteiger partial charge < -0.3 is 10.6 Å². The van der Waals surface area contributed by atoms with Gasteiger partial charge in [0.15, 0.2) is 5.78 Å². The zero-order valence-electron chi connectivity index (χ0n) is 11.2. The number of Topliss-reactive ketones (excluding diaryl/α,β-unsaturated/α-hetero) is 1. The molecule has 4 nitrogen and oxygen atoms in total. The summed E-state index contributed by atoms with van der Waals surface area (Å²) in [5, 5.41) is 5.78. The van der Waals surface area contributed by atoms with Crippen LogP contribution in [0.4, 0.5) is 11.4 Å². The number of hydrogen-bond acceptors (Lipinski definition) is 3. The number of rotatable bonds is 5. The van der Waals surface area contributed by atoms with Crippen LogP contribution in [0, 0.1) is 0 Å². The van der Waals surface area contributed by atoms with E-state index in [1.165, 1.54) is 6.92 Å². The standard InChI is InChI=1S/C16H16N2O2/c1-12(19)13-6-5-9-15(10-13)17-11-16(20)18-14-7-3-2-4-8-14/h2-10,17H,11H2,1H3,(H,18,20). The predicted octanol–water partition coefficient (Wildman–Crippen LogP) is 2.94. The summed E-state index contributed by atoms with van der Waals surface area (Å²) in [7, 11) is 0. The van der Waals surface area contributed by atoms with E-state index in [0.29, 0.717) is 5.56 Å². The summed E-state index contributed by atoms with van der Waals surface area (Å²) in [6.45, 7) is 1.66. The van der Waals surface area contributed by atoms with E-state index >= 15 is 0 Å². The van der Waals surface area contributed by atoms with Crippen molar-refractivity contribution in [3.8, 4) is 0 Å². The molecular formula is C16H16N2O2. The third-order valence-corrected chi connectivity index (χ3v) is 2.78. The lowest BCUT2D eigenvalue weighted by Gasteiger charge is -2.08. The molecule has 0 radical (unpaired) electrons. The second-order valence-electron chi connectivity index (χ2n) is 4.40. The lowest BCUT2D eigenvalue weighted by molar-refractivity contribution is -0.114. The normalized spacial score (nSPS) is 9.85. The Morgan fingerprint density at radius 1 is 0.950 bits per heavy atom. The molecular weight excluding hydrogens is 252 g/mol. The Hall–Kier alpha value is -2.62. The van der Waals surface area contributed by atoms with E-state index in [1.54, 1.807) is 18.2 Å². The summed E-state index contributed by atoms with van der Waals surface area (Å²) in [5.41, 5.74) is 2.14. The van der Waals surface area contributed by atoms with E-state index in [2.05, 4.69) is 10.6 Å². The minimum Gasteiger partial charge on any atom is -0.376 e. The van der Waals surface area contributed by atoms with Crippen LogP contribution in [0.3, 0.4) is 0 Å². The highest BCUT2D eigenvalue weighted by Crippen LogP contribution is 2.11. The molecule has 0 saturated carbocycles. The highest BCUT2D eigenvalue weighted by Gasteiger charge is 2.03. The van der Waals surface area contributed by atoms with E-state index < -0.39 is 0 Å². The third-order valence-electron chi connectivity index (χ3n) is 2.78. The van der Waals surface area contributed by atoms with Crippen LogP contribution in [0.1, 0.15) is 17.3 Å². The number of anilines is 2. The maximum Gasteiger partial charge on any atom is 0.243 e. The first kappa shape index (κ1) is 13.8. The highest BCUT2D eigenvalue weighted by molar-refractivity contribution is 5.96. The number of para-hydroxylation sites is 1. The average Bonchev–Trinajstić information content (AvgIpc) is 2.46. The molecule has 0 aliphatic carbocycles. The number of amides is 1. The highest BCUT2D eigenvalue weighted by atomic mass is 16.2. The number of hydrogen-bond donors (Lipinski definition) is 2. The van der Waals surface area contributed by atoms with Gasteiger partial charge in [-0.15, -0.1) is 0 Å².